The van der Waals surface area contributed by atoms with E-state index in [-0.39, 0.29) is 6.03 Å². The first-order valence-corrected chi connectivity index (χ1v) is 10.9. The molecule has 1 aromatic carbocycles. The van der Waals surface area contributed by atoms with Crippen LogP contribution in [0.5, 0.6) is 0 Å². The van der Waals surface area contributed by atoms with E-state index in [2.05, 4.69) is 26.2 Å². The lowest BCUT2D eigenvalue weighted by molar-refractivity contribution is 0.187. The molecule has 0 spiro atoms. The zero-order valence-electron chi connectivity index (χ0n) is 16.9. The normalized spacial score (nSPS) is 20.1. The van der Waals surface area contributed by atoms with Crippen molar-refractivity contribution in [3.05, 3.63) is 48.2 Å². The summed E-state index contributed by atoms with van der Waals surface area (Å²) in [5, 5.41) is 3.07. The van der Waals surface area contributed by atoms with Crippen molar-refractivity contribution in [2.45, 2.75) is 38.1 Å². The van der Waals surface area contributed by atoms with E-state index in [9.17, 15) is 4.79 Å². The van der Waals surface area contributed by atoms with Crippen molar-refractivity contribution in [1.29, 1.82) is 0 Å². The maximum Gasteiger partial charge on any atom is 0.326 e. The fourth-order valence-electron chi connectivity index (χ4n) is 4.99. The monoisotopic (exact) mass is 391 g/mol. The fraction of sp³-hybridized carbons (Fsp3) is 0.478. The van der Waals surface area contributed by atoms with Gasteiger partial charge in [-0.1, -0.05) is 31.0 Å². The van der Waals surface area contributed by atoms with Crippen LogP contribution in [0.15, 0.2) is 42.6 Å². The van der Waals surface area contributed by atoms with Gasteiger partial charge in [-0.05, 0) is 37.0 Å². The molecular formula is C23H29N5O. The molecule has 1 N–H and O–H groups in total. The van der Waals surface area contributed by atoms with Crippen LogP contribution in [0.25, 0.3) is 0 Å². The van der Waals surface area contributed by atoms with Crippen LogP contribution in [0.2, 0.25) is 0 Å². The molecule has 2 amide bonds. The van der Waals surface area contributed by atoms with E-state index in [1.165, 1.54) is 31.2 Å². The van der Waals surface area contributed by atoms with Crippen LogP contribution < -0.4 is 15.1 Å². The SMILES string of the molecule is O=C(Nc1ccnc(N2CCN(C3CCCC3)CC2)c1)N1CCc2ccccc21. The van der Waals surface area contributed by atoms with Gasteiger partial charge < -0.3 is 10.2 Å². The van der Waals surface area contributed by atoms with Gasteiger partial charge in [0.1, 0.15) is 5.82 Å². The molecule has 0 bridgehead atoms. The highest BCUT2D eigenvalue weighted by Gasteiger charge is 2.27. The maximum atomic E-state index is 12.8. The maximum absolute atomic E-state index is 12.8. The number of nitrogens with zero attached hydrogens (tertiary/aromatic N) is 4. The van der Waals surface area contributed by atoms with Crippen LogP contribution in [0, 0.1) is 0 Å². The second-order valence-corrected chi connectivity index (χ2v) is 8.32. The van der Waals surface area contributed by atoms with E-state index in [1.54, 1.807) is 6.20 Å². The van der Waals surface area contributed by atoms with Crippen molar-refractivity contribution < 1.29 is 4.79 Å². The van der Waals surface area contributed by atoms with Crippen LogP contribution >= 0.6 is 0 Å². The van der Waals surface area contributed by atoms with Gasteiger partial charge in [0, 0.05) is 62.4 Å². The summed E-state index contributed by atoms with van der Waals surface area (Å²) in [6, 6.07) is 12.7. The van der Waals surface area contributed by atoms with Gasteiger partial charge in [0.25, 0.3) is 0 Å². The molecule has 1 aliphatic carbocycles. The zero-order chi connectivity index (χ0) is 19.6. The molecule has 2 fully saturated rings. The Morgan fingerprint density at radius 1 is 1.00 bits per heavy atom. The number of fused-ring (bicyclic) bond motifs is 1. The summed E-state index contributed by atoms with van der Waals surface area (Å²) in [4.78, 5) is 24.2. The Bertz CT molecular complexity index is 871. The van der Waals surface area contributed by atoms with Crippen molar-refractivity contribution in [3.63, 3.8) is 0 Å². The van der Waals surface area contributed by atoms with Gasteiger partial charge >= 0.3 is 6.03 Å². The van der Waals surface area contributed by atoms with E-state index in [4.69, 9.17) is 0 Å². The lowest BCUT2D eigenvalue weighted by Crippen LogP contribution is -2.50. The molecule has 2 aliphatic heterocycles. The standard InChI is InChI=1S/C23H29N5O/c29-23(28-12-10-18-5-1-4-8-21(18)28)25-19-9-11-24-22(17-19)27-15-13-26(14-16-27)20-6-2-3-7-20/h1,4-5,8-9,11,17,20H,2-3,6-7,10,12-16H2,(H,24,25,29). The van der Waals surface area contributed by atoms with E-state index >= 15 is 0 Å². The molecular weight excluding hydrogens is 362 g/mol. The van der Waals surface area contributed by atoms with Gasteiger partial charge in [0.15, 0.2) is 0 Å². The van der Waals surface area contributed by atoms with Crippen LogP contribution in [0.1, 0.15) is 31.2 Å². The predicted octanol–water partition coefficient (Wildman–Crippen LogP) is 3.74. The Labute approximate surface area is 172 Å². The van der Waals surface area contributed by atoms with Crippen LogP contribution in [-0.2, 0) is 6.42 Å². The topological polar surface area (TPSA) is 51.7 Å². The van der Waals surface area contributed by atoms with Gasteiger partial charge in [-0.15, -0.1) is 0 Å². The van der Waals surface area contributed by atoms with Gasteiger partial charge in [0.05, 0.1) is 0 Å². The molecule has 152 valence electrons. The highest BCUT2D eigenvalue weighted by atomic mass is 16.2. The Kier molecular flexibility index (Phi) is 5.10. The number of carbonyl (C=O) groups is 1. The third-order valence-electron chi connectivity index (χ3n) is 6.61. The lowest BCUT2D eigenvalue weighted by Gasteiger charge is -2.38. The number of piperazine rings is 1. The number of para-hydroxylation sites is 1. The zero-order valence-corrected chi connectivity index (χ0v) is 16.9. The number of nitrogens with one attached hydrogen (secondary N) is 1. The number of aromatic nitrogens is 1. The molecule has 5 rings (SSSR count). The molecule has 0 radical (unpaired) electrons. The molecule has 2 aromatic rings. The average molecular weight is 392 g/mol. The minimum atomic E-state index is -0.0712. The molecule has 1 saturated carbocycles. The van der Waals surface area contributed by atoms with Gasteiger partial charge in [0.2, 0.25) is 0 Å². The Morgan fingerprint density at radius 2 is 1.79 bits per heavy atom. The summed E-state index contributed by atoms with van der Waals surface area (Å²) in [5.41, 5.74) is 3.06. The molecule has 1 saturated heterocycles. The molecule has 3 heterocycles. The number of rotatable bonds is 3. The van der Waals surface area contributed by atoms with Crippen LogP contribution in [0.3, 0.4) is 0 Å². The first kappa shape index (κ1) is 18.4. The summed E-state index contributed by atoms with van der Waals surface area (Å²) in [6.07, 6.45) is 8.20. The van der Waals surface area contributed by atoms with Gasteiger partial charge in [-0.2, -0.15) is 0 Å². The van der Waals surface area contributed by atoms with E-state index in [1.807, 2.05) is 35.2 Å². The third-order valence-corrected chi connectivity index (χ3v) is 6.61. The summed E-state index contributed by atoms with van der Waals surface area (Å²) in [7, 11) is 0. The highest BCUT2D eigenvalue weighted by Crippen LogP contribution is 2.29. The second kappa shape index (κ2) is 8.03. The molecule has 0 unspecified atom stereocenters. The molecule has 29 heavy (non-hydrogen) atoms. The Hall–Kier alpha value is -2.60. The smallest absolute Gasteiger partial charge is 0.326 e. The predicted molar refractivity (Wildman–Crippen MR) is 117 cm³/mol. The number of carbonyl (C=O) groups excluding carboxylic acids is 1. The summed E-state index contributed by atoms with van der Waals surface area (Å²) >= 11 is 0. The summed E-state index contributed by atoms with van der Waals surface area (Å²) in [5.74, 6) is 0.954. The van der Waals surface area contributed by atoms with Crippen molar-refractivity contribution >= 4 is 23.2 Å². The van der Waals surface area contributed by atoms with Crippen molar-refractivity contribution in [1.82, 2.24) is 9.88 Å². The van der Waals surface area contributed by atoms with Crippen molar-refractivity contribution in [2.75, 3.05) is 47.8 Å². The molecule has 1 aromatic heterocycles. The molecule has 6 nitrogen and oxygen atoms in total. The number of amides is 2. The fourth-order valence-corrected chi connectivity index (χ4v) is 4.99. The molecule has 3 aliphatic rings. The number of hydrogen-bond acceptors (Lipinski definition) is 4. The van der Waals surface area contributed by atoms with Crippen LogP contribution in [-0.4, -0.2) is 54.7 Å². The largest absolute Gasteiger partial charge is 0.354 e. The first-order chi connectivity index (χ1) is 14.3. The second-order valence-electron chi connectivity index (χ2n) is 8.32. The third kappa shape index (κ3) is 3.81. The molecule has 0 atom stereocenters. The van der Waals surface area contributed by atoms with E-state index < -0.39 is 0 Å². The van der Waals surface area contributed by atoms with Crippen LogP contribution in [0.4, 0.5) is 22.0 Å². The minimum absolute atomic E-state index is 0.0712. The first-order valence-electron chi connectivity index (χ1n) is 10.9. The lowest BCUT2D eigenvalue weighted by atomic mass is 10.2. The Morgan fingerprint density at radius 3 is 2.62 bits per heavy atom. The van der Waals surface area contributed by atoms with Gasteiger partial charge in [-0.25, -0.2) is 9.78 Å². The van der Waals surface area contributed by atoms with Crippen molar-refractivity contribution in [3.8, 4) is 0 Å². The quantitative estimate of drug-likeness (QED) is 0.866. The van der Waals surface area contributed by atoms with E-state index in [0.29, 0.717) is 0 Å². The number of anilines is 3. The summed E-state index contributed by atoms with van der Waals surface area (Å²) in [6.45, 7) is 4.94. The number of benzene rings is 1. The average Bonchev–Trinajstić information content (AvgIpc) is 3.44. The number of pyridine rings is 1. The molecule has 6 heteroatoms. The number of urea groups is 1. The minimum Gasteiger partial charge on any atom is -0.354 e. The van der Waals surface area contributed by atoms with Crippen molar-refractivity contribution in [2.24, 2.45) is 0 Å². The highest BCUT2D eigenvalue weighted by molar-refractivity contribution is 6.03. The number of hydrogen-bond donors (Lipinski definition) is 1. The Balaban J connectivity index is 1.22. The van der Waals surface area contributed by atoms with Gasteiger partial charge in [-0.3, -0.25) is 9.80 Å². The summed E-state index contributed by atoms with van der Waals surface area (Å²) < 4.78 is 0. The van der Waals surface area contributed by atoms with E-state index in [0.717, 1.165) is 62.4 Å².